The van der Waals surface area contributed by atoms with Crippen LogP contribution in [0.2, 0.25) is 0 Å². The van der Waals surface area contributed by atoms with E-state index in [0.29, 0.717) is 38.0 Å². The van der Waals surface area contributed by atoms with E-state index in [1.54, 1.807) is 4.90 Å². The first-order chi connectivity index (χ1) is 20.3. The number of nitrogens with zero attached hydrogens (tertiary/aromatic N) is 1. The van der Waals surface area contributed by atoms with Gasteiger partial charge in [-0.25, -0.2) is 0 Å². The van der Waals surface area contributed by atoms with Crippen molar-refractivity contribution in [3.63, 3.8) is 0 Å². The number of unbranched alkanes of at least 4 members (excludes halogenated alkanes) is 2. The number of hydrogen-bond acceptors (Lipinski definition) is 5. The Balaban J connectivity index is 1.32. The molecule has 3 aliphatic heterocycles. The smallest absolute Gasteiger partial charge is 0.250 e. The van der Waals surface area contributed by atoms with Crippen LogP contribution in [0.25, 0.3) is 10.8 Å². The van der Waals surface area contributed by atoms with Gasteiger partial charge in [-0.05, 0) is 67.0 Å². The second kappa shape index (κ2) is 11.2. The Morgan fingerprint density at radius 2 is 1.71 bits per heavy atom. The molecule has 3 unspecified atom stereocenters. The van der Waals surface area contributed by atoms with Gasteiger partial charge in [-0.15, -0.1) is 0 Å². The average Bonchev–Trinajstić information content (AvgIpc) is 3.50. The van der Waals surface area contributed by atoms with Crippen molar-refractivity contribution in [1.29, 1.82) is 0 Å². The zero-order chi connectivity index (χ0) is 29.5. The van der Waals surface area contributed by atoms with Gasteiger partial charge in [0.05, 0.1) is 17.4 Å². The van der Waals surface area contributed by atoms with Crippen LogP contribution in [-0.4, -0.2) is 58.1 Å². The number of amides is 3. The second-order valence-corrected chi connectivity index (χ2v) is 12.3. The largest absolute Gasteiger partial charge is 0.396 e. The number of rotatable bonds is 10. The van der Waals surface area contributed by atoms with Gasteiger partial charge < -0.3 is 25.4 Å². The minimum atomic E-state index is -1.10. The maximum Gasteiger partial charge on any atom is 0.250 e. The van der Waals surface area contributed by atoms with E-state index in [-0.39, 0.29) is 30.2 Å². The molecule has 220 valence electrons. The summed E-state index contributed by atoms with van der Waals surface area (Å²) in [5.74, 6) is -2.21. The lowest BCUT2D eigenvalue weighted by molar-refractivity contribution is -0.146. The Morgan fingerprint density at radius 1 is 0.976 bits per heavy atom. The Kier molecular flexibility index (Phi) is 7.53. The summed E-state index contributed by atoms with van der Waals surface area (Å²) in [7, 11) is 0. The molecular weight excluding hydrogens is 530 g/mol. The third kappa shape index (κ3) is 4.67. The highest BCUT2D eigenvalue weighted by Crippen LogP contribution is 2.65. The molecule has 1 spiro atoms. The van der Waals surface area contributed by atoms with Crippen LogP contribution in [0.4, 0.5) is 5.69 Å². The van der Waals surface area contributed by atoms with E-state index in [0.717, 1.165) is 22.8 Å². The molecule has 6 atom stereocenters. The number of benzene rings is 3. The van der Waals surface area contributed by atoms with Gasteiger partial charge in [-0.2, -0.15) is 0 Å². The number of fused-ring (bicyclic) bond motifs is 2. The maximum absolute atomic E-state index is 14.3. The summed E-state index contributed by atoms with van der Waals surface area (Å²) < 4.78 is 6.82. The Bertz CT molecular complexity index is 1490. The van der Waals surface area contributed by atoms with Crippen LogP contribution in [0.1, 0.15) is 45.1 Å². The molecule has 6 rings (SSSR count). The lowest BCUT2D eigenvalue weighted by Gasteiger charge is -2.36. The van der Waals surface area contributed by atoms with Crippen LogP contribution in [0.15, 0.2) is 72.8 Å². The van der Waals surface area contributed by atoms with Gasteiger partial charge in [0, 0.05) is 25.4 Å². The van der Waals surface area contributed by atoms with Crippen LogP contribution >= 0.6 is 0 Å². The molecule has 3 aliphatic rings. The number of ether oxygens (including phenoxy) is 1. The fourth-order valence-electron chi connectivity index (χ4n) is 7.62. The summed E-state index contributed by atoms with van der Waals surface area (Å²) in [6.07, 6.45) is 2.52. The average molecular weight is 570 g/mol. The number of nitrogens with one attached hydrogen (secondary N) is 2. The highest BCUT2D eigenvalue weighted by atomic mass is 16.5. The molecule has 3 saturated heterocycles. The summed E-state index contributed by atoms with van der Waals surface area (Å²) in [6.45, 7) is 4.77. The van der Waals surface area contributed by atoms with Crippen molar-refractivity contribution in [2.45, 2.75) is 63.3 Å². The zero-order valence-corrected chi connectivity index (χ0v) is 24.2. The fourth-order valence-corrected chi connectivity index (χ4v) is 7.62. The summed E-state index contributed by atoms with van der Waals surface area (Å²) in [5.41, 5.74) is -0.349. The van der Waals surface area contributed by atoms with Crippen molar-refractivity contribution in [3.8, 4) is 0 Å². The number of anilines is 1. The zero-order valence-electron chi connectivity index (χ0n) is 24.2. The van der Waals surface area contributed by atoms with Crippen molar-refractivity contribution in [1.82, 2.24) is 10.2 Å². The van der Waals surface area contributed by atoms with Gasteiger partial charge in [0.25, 0.3) is 0 Å². The minimum Gasteiger partial charge on any atom is -0.396 e. The van der Waals surface area contributed by atoms with Crippen molar-refractivity contribution in [3.05, 3.63) is 78.4 Å². The third-order valence-electron chi connectivity index (χ3n) is 9.73. The quantitative estimate of drug-likeness (QED) is 0.316. The molecule has 0 saturated carbocycles. The molecule has 8 nitrogen and oxygen atoms in total. The van der Waals surface area contributed by atoms with Crippen molar-refractivity contribution in [2.24, 2.45) is 17.8 Å². The molecule has 42 heavy (non-hydrogen) atoms. The summed E-state index contributed by atoms with van der Waals surface area (Å²) in [4.78, 5) is 43.9. The number of aliphatic hydroxyl groups excluding tert-OH is 1. The van der Waals surface area contributed by atoms with Gasteiger partial charge in [0.15, 0.2) is 0 Å². The molecule has 3 aromatic rings. The Hall–Kier alpha value is -3.75. The van der Waals surface area contributed by atoms with Gasteiger partial charge in [0.1, 0.15) is 11.6 Å². The third-order valence-corrected chi connectivity index (χ3v) is 9.73. The number of likely N-dealkylation sites (tertiary alicyclic amines) is 1. The first-order valence-corrected chi connectivity index (χ1v) is 15.0. The van der Waals surface area contributed by atoms with E-state index in [4.69, 9.17) is 4.74 Å². The highest BCUT2D eigenvalue weighted by molar-refractivity contribution is 6.04. The highest BCUT2D eigenvalue weighted by Gasteiger charge is 2.79. The minimum absolute atomic E-state index is 0.0284. The van der Waals surface area contributed by atoms with E-state index in [1.807, 2.05) is 79.7 Å². The van der Waals surface area contributed by atoms with Gasteiger partial charge >= 0.3 is 0 Å². The molecule has 8 heteroatoms. The maximum atomic E-state index is 14.3. The van der Waals surface area contributed by atoms with E-state index in [9.17, 15) is 19.5 Å². The lowest BCUT2D eigenvalue weighted by Crippen LogP contribution is -2.54. The van der Waals surface area contributed by atoms with Crippen LogP contribution < -0.4 is 10.6 Å². The first-order valence-electron chi connectivity index (χ1n) is 15.0. The fraction of sp³-hybridized carbons (Fsp3) is 0.441. The molecule has 3 aromatic carbocycles. The molecule has 0 aromatic heterocycles. The monoisotopic (exact) mass is 569 g/mol. The standard InChI is InChI=1S/C34H39N3O5/c1-22-20-34-28(27(33(22,2)42-34)30(39)35-21-23-11-5-3-6-12-23)32(41)37(17-9-4-10-18-38)29(34)31(40)36-26-16-15-24-13-7-8-14-25(24)19-26/h3,5-8,11-16,19,22,27-29,38H,4,9-10,17-18,20-21H2,1-2H3,(H,35,39)(H,36,40)/t22?,27-,28+,29?,33+,34?/m1/s1. The summed E-state index contributed by atoms with van der Waals surface area (Å²) in [6, 6.07) is 22.5. The van der Waals surface area contributed by atoms with Crippen LogP contribution in [0, 0.1) is 17.8 Å². The molecule has 0 radical (unpaired) electrons. The Labute approximate surface area is 246 Å². The Morgan fingerprint density at radius 3 is 2.48 bits per heavy atom. The topological polar surface area (TPSA) is 108 Å². The molecular formula is C34H39N3O5. The van der Waals surface area contributed by atoms with E-state index in [2.05, 4.69) is 17.6 Å². The molecule has 3 amide bonds. The SMILES string of the molecule is CC1CC23O[C@]1(C)[C@@H](C(=O)NCc1ccccc1)[C@H]2C(=O)N(CCCCCO)C3C(=O)Nc1ccc2ccccc2c1. The number of aliphatic hydroxyl groups is 1. The molecule has 3 fully saturated rings. The lowest BCUT2D eigenvalue weighted by atomic mass is 9.62. The van der Waals surface area contributed by atoms with Crippen molar-refractivity contribution < 1.29 is 24.2 Å². The number of carbonyl (C=O) groups is 3. The molecule has 3 N–H and O–H groups in total. The van der Waals surface area contributed by atoms with E-state index < -0.39 is 29.1 Å². The van der Waals surface area contributed by atoms with Gasteiger partial charge in [-0.1, -0.05) is 67.6 Å². The van der Waals surface area contributed by atoms with E-state index >= 15 is 0 Å². The van der Waals surface area contributed by atoms with Crippen LogP contribution in [0.5, 0.6) is 0 Å². The van der Waals surface area contributed by atoms with Crippen molar-refractivity contribution in [2.75, 3.05) is 18.5 Å². The normalized spacial score (nSPS) is 29.6. The molecule has 0 aliphatic carbocycles. The van der Waals surface area contributed by atoms with Gasteiger partial charge in [0.2, 0.25) is 17.7 Å². The van der Waals surface area contributed by atoms with Crippen molar-refractivity contribution >= 4 is 34.2 Å². The predicted octanol–water partition coefficient (Wildman–Crippen LogP) is 4.27. The van der Waals surface area contributed by atoms with Crippen LogP contribution in [0.3, 0.4) is 0 Å². The molecule has 2 bridgehead atoms. The summed E-state index contributed by atoms with van der Waals surface area (Å²) >= 11 is 0. The first kappa shape index (κ1) is 28.4. The number of hydrogen-bond donors (Lipinski definition) is 3. The predicted molar refractivity (Wildman–Crippen MR) is 160 cm³/mol. The van der Waals surface area contributed by atoms with Crippen LogP contribution in [-0.2, 0) is 25.7 Å². The summed E-state index contributed by atoms with van der Waals surface area (Å²) in [5, 5.41) is 17.5. The molecule has 3 heterocycles. The second-order valence-electron chi connectivity index (χ2n) is 12.3. The number of carbonyl (C=O) groups excluding carboxylic acids is 3. The van der Waals surface area contributed by atoms with E-state index in [1.165, 1.54) is 0 Å². The van der Waals surface area contributed by atoms with Gasteiger partial charge in [-0.3, -0.25) is 14.4 Å².